The summed E-state index contributed by atoms with van der Waals surface area (Å²) in [6, 6.07) is 12.9. The Bertz CT molecular complexity index is 527. The van der Waals surface area contributed by atoms with E-state index < -0.39 is 0 Å². The monoisotopic (exact) mass is 304 g/mol. The van der Waals surface area contributed by atoms with Gasteiger partial charge in [0.05, 0.1) is 7.11 Å². The van der Waals surface area contributed by atoms with Gasteiger partial charge in [-0.25, -0.2) is 0 Å². The van der Waals surface area contributed by atoms with E-state index in [1.807, 2.05) is 12.1 Å². The van der Waals surface area contributed by atoms with E-state index in [9.17, 15) is 0 Å². The van der Waals surface area contributed by atoms with Gasteiger partial charge >= 0.3 is 0 Å². The Kier molecular flexibility index (Phi) is 6.23. The van der Waals surface area contributed by atoms with E-state index in [0.717, 1.165) is 25.4 Å². The molecule has 0 radical (unpaired) electrons. The van der Waals surface area contributed by atoms with Gasteiger partial charge in [-0.2, -0.15) is 0 Å². The number of para-hydroxylation sites is 1. The number of likely N-dealkylation sites (N-methyl/N-ethyl adjacent to an activating group) is 1. The average Bonchev–Trinajstić information content (AvgIpc) is 3.02. The van der Waals surface area contributed by atoms with E-state index in [1.165, 1.54) is 10.4 Å². The number of ether oxygens (including phenoxy) is 1. The molecule has 1 heterocycles. The van der Waals surface area contributed by atoms with E-state index in [1.54, 1.807) is 18.4 Å². The van der Waals surface area contributed by atoms with Crippen molar-refractivity contribution in [1.82, 2.24) is 10.2 Å². The minimum absolute atomic E-state index is 0.421. The van der Waals surface area contributed by atoms with Gasteiger partial charge in [-0.05, 0) is 31.5 Å². The van der Waals surface area contributed by atoms with Crippen LogP contribution in [0, 0.1) is 0 Å². The van der Waals surface area contributed by atoms with Crippen LogP contribution in [-0.4, -0.2) is 32.1 Å². The summed E-state index contributed by atoms with van der Waals surface area (Å²) >= 11 is 1.80. The number of hydrogen-bond donors (Lipinski definition) is 1. The normalized spacial score (nSPS) is 12.6. The zero-order chi connectivity index (χ0) is 15.1. The average molecular weight is 304 g/mol. The zero-order valence-electron chi connectivity index (χ0n) is 13.0. The van der Waals surface area contributed by atoms with Crippen molar-refractivity contribution < 1.29 is 4.74 Å². The summed E-state index contributed by atoms with van der Waals surface area (Å²) in [5.41, 5.74) is 1.23. The molecule has 3 nitrogen and oxygen atoms in total. The molecule has 1 N–H and O–H groups in total. The Balaban J connectivity index is 1.76. The molecule has 4 heteroatoms. The number of methoxy groups -OCH3 is 1. The molecule has 1 unspecified atom stereocenters. The number of nitrogens with zero attached hydrogens (tertiary/aromatic N) is 1. The lowest BCUT2D eigenvalue weighted by atomic mass is 10.2. The van der Waals surface area contributed by atoms with Gasteiger partial charge in [0.25, 0.3) is 0 Å². The second kappa shape index (κ2) is 8.17. The predicted molar refractivity (Wildman–Crippen MR) is 90.1 cm³/mol. The van der Waals surface area contributed by atoms with Gasteiger partial charge in [0, 0.05) is 36.1 Å². The van der Waals surface area contributed by atoms with E-state index in [-0.39, 0.29) is 0 Å². The molecule has 0 aliphatic heterocycles. The number of thiophene rings is 1. The molecule has 0 amide bonds. The fourth-order valence-corrected chi connectivity index (χ4v) is 3.07. The Morgan fingerprint density at radius 1 is 1.24 bits per heavy atom. The second-order valence-corrected chi connectivity index (χ2v) is 6.22. The quantitative estimate of drug-likeness (QED) is 0.807. The summed E-state index contributed by atoms with van der Waals surface area (Å²) in [6.07, 6.45) is 0. The van der Waals surface area contributed by atoms with Gasteiger partial charge in [0.1, 0.15) is 5.75 Å². The summed E-state index contributed by atoms with van der Waals surface area (Å²) in [5, 5.41) is 5.69. The second-order valence-electron chi connectivity index (χ2n) is 5.24. The van der Waals surface area contributed by atoms with Crippen LogP contribution >= 0.6 is 11.3 Å². The third-order valence-corrected chi connectivity index (χ3v) is 4.60. The minimum Gasteiger partial charge on any atom is -0.496 e. The van der Waals surface area contributed by atoms with Gasteiger partial charge in [-0.1, -0.05) is 24.3 Å². The van der Waals surface area contributed by atoms with Crippen LogP contribution < -0.4 is 10.1 Å². The number of nitrogens with one attached hydrogen (secondary N) is 1. The first-order valence-corrected chi connectivity index (χ1v) is 8.16. The molecule has 0 aliphatic carbocycles. The van der Waals surface area contributed by atoms with Gasteiger partial charge in [0.15, 0.2) is 0 Å². The van der Waals surface area contributed by atoms with Crippen LogP contribution in [0.1, 0.15) is 23.4 Å². The molecule has 0 saturated carbocycles. The highest BCUT2D eigenvalue weighted by molar-refractivity contribution is 7.10. The van der Waals surface area contributed by atoms with Crippen molar-refractivity contribution in [3.05, 3.63) is 52.2 Å². The predicted octanol–water partition coefficient (Wildman–Crippen LogP) is 3.54. The molecular weight excluding hydrogens is 280 g/mol. The first-order chi connectivity index (χ1) is 10.2. The summed E-state index contributed by atoms with van der Waals surface area (Å²) in [7, 11) is 3.87. The molecule has 21 heavy (non-hydrogen) atoms. The lowest BCUT2D eigenvalue weighted by Crippen LogP contribution is -2.30. The van der Waals surface area contributed by atoms with Gasteiger partial charge in [-0.3, -0.25) is 0 Å². The smallest absolute Gasteiger partial charge is 0.123 e. The van der Waals surface area contributed by atoms with Gasteiger partial charge in [0.2, 0.25) is 0 Å². The highest BCUT2D eigenvalue weighted by Crippen LogP contribution is 2.19. The van der Waals surface area contributed by atoms with Crippen LogP contribution in [-0.2, 0) is 6.54 Å². The SMILES string of the molecule is COc1ccccc1CN(C)CCNC(C)c1cccs1. The molecule has 1 atom stereocenters. The molecule has 0 spiro atoms. The van der Waals surface area contributed by atoms with Crippen molar-refractivity contribution in [1.29, 1.82) is 0 Å². The first kappa shape index (κ1) is 16.0. The molecule has 2 aromatic rings. The number of rotatable bonds is 8. The van der Waals surface area contributed by atoms with Crippen molar-refractivity contribution in [3.8, 4) is 5.75 Å². The molecule has 0 bridgehead atoms. The lowest BCUT2D eigenvalue weighted by molar-refractivity contribution is 0.311. The van der Waals surface area contributed by atoms with Crippen molar-refractivity contribution in [2.24, 2.45) is 0 Å². The van der Waals surface area contributed by atoms with E-state index >= 15 is 0 Å². The van der Waals surface area contributed by atoms with Crippen LogP contribution in [0.25, 0.3) is 0 Å². The molecular formula is C17H24N2OS. The van der Waals surface area contributed by atoms with Crippen molar-refractivity contribution in [2.45, 2.75) is 19.5 Å². The Hall–Kier alpha value is -1.36. The first-order valence-electron chi connectivity index (χ1n) is 7.28. The Labute approximate surface area is 131 Å². The van der Waals surface area contributed by atoms with Gasteiger partial charge in [-0.15, -0.1) is 11.3 Å². The lowest BCUT2D eigenvalue weighted by Gasteiger charge is -2.20. The van der Waals surface area contributed by atoms with Crippen molar-refractivity contribution in [3.63, 3.8) is 0 Å². The van der Waals surface area contributed by atoms with Crippen molar-refractivity contribution in [2.75, 3.05) is 27.2 Å². The maximum atomic E-state index is 5.40. The maximum absolute atomic E-state index is 5.40. The number of benzene rings is 1. The number of hydrogen-bond acceptors (Lipinski definition) is 4. The topological polar surface area (TPSA) is 24.5 Å². The molecule has 0 aliphatic rings. The Morgan fingerprint density at radius 3 is 2.76 bits per heavy atom. The highest BCUT2D eigenvalue weighted by Gasteiger charge is 2.08. The summed E-state index contributed by atoms with van der Waals surface area (Å²) < 4.78 is 5.40. The molecule has 1 aromatic carbocycles. The fraction of sp³-hybridized carbons (Fsp3) is 0.412. The molecule has 2 rings (SSSR count). The van der Waals surface area contributed by atoms with E-state index in [0.29, 0.717) is 6.04 Å². The molecule has 0 saturated heterocycles. The van der Waals surface area contributed by atoms with E-state index in [4.69, 9.17) is 4.74 Å². The maximum Gasteiger partial charge on any atom is 0.123 e. The highest BCUT2D eigenvalue weighted by atomic mass is 32.1. The Morgan fingerprint density at radius 2 is 2.05 bits per heavy atom. The standard InChI is InChI=1S/C17H24N2OS/c1-14(17-9-6-12-21-17)18-10-11-19(2)13-15-7-4-5-8-16(15)20-3/h4-9,12,14,18H,10-11,13H2,1-3H3. The fourth-order valence-electron chi connectivity index (χ4n) is 2.31. The largest absolute Gasteiger partial charge is 0.496 e. The summed E-state index contributed by atoms with van der Waals surface area (Å²) in [5.74, 6) is 0.962. The van der Waals surface area contributed by atoms with Gasteiger partial charge < -0.3 is 15.0 Å². The van der Waals surface area contributed by atoms with Crippen LogP contribution in [0.4, 0.5) is 0 Å². The molecule has 1 aromatic heterocycles. The van der Waals surface area contributed by atoms with E-state index in [2.05, 4.69) is 53.8 Å². The van der Waals surface area contributed by atoms with Crippen LogP contribution in [0.5, 0.6) is 5.75 Å². The molecule has 0 fully saturated rings. The molecule has 114 valence electrons. The third kappa shape index (κ3) is 4.84. The zero-order valence-corrected chi connectivity index (χ0v) is 13.8. The van der Waals surface area contributed by atoms with Crippen LogP contribution in [0.15, 0.2) is 41.8 Å². The summed E-state index contributed by atoms with van der Waals surface area (Å²) in [6.45, 7) is 5.10. The van der Waals surface area contributed by atoms with Crippen molar-refractivity contribution >= 4 is 11.3 Å². The minimum atomic E-state index is 0.421. The van der Waals surface area contributed by atoms with Crippen LogP contribution in [0.2, 0.25) is 0 Å². The van der Waals surface area contributed by atoms with Crippen LogP contribution in [0.3, 0.4) is 0 Å². The third-order valence-electron chi connectivity index (χ3n) is 3.55. The summed E-state index contributed by atoms with van der Waals surface area (Å²) in [4.78, 5) is 3.70.